The van der Waals surface area contributed by atoms with Gasteiger partial charge in [-0.2, -0.15) is 0 Å². The highest BCUT2D eigenvalue weighted by molar-refractivity contribution is 7.80. The third-order valence-electron chi connectivity index (χ3n) is 2.40. The van der Waals surface area contributed by atoms with Crippen molar-refractivity contribution in [1.29, 1.82) is 0 Å². The summed E-state index contributed by atoms with van der Waals surface area (Å²) in [5.74, 6) is -0.450. The molecule has 98 valence electrons. The van der Waals surface area contributed by atoms with Gasteiger partial charge in [0.05, 0.1) is 0 Å². The zero-order valence-electron chi connectivity index (χ0n) is 10.4. The number of benzene rings is 1. The number of thiocarbonyl (C=S) groups is 1. The van der Waals surface area contributed by atoms with Gasteiger partial charge in [-0.05, 0) is 18.2 Å². The van der Waals surface area contributed by atoms with Gasteiger partial charge in [0, 0.05) is 38.3 Å². The number of hydrogen-bond donors (Lipinski definition) is 2. The van der Waals surface area contributed by atoms with Crippen molar-refractivity contribution in [3.63, 3.8) is 0 Å². The van der Waals surface area contributed by atoms with Crippen molar-refractivity contribution in [2.45, 2.75) is 6.42 Å². The molecule has 0 saturated heterocycles. The van der Waals surface area contributed by atoms with Crippen LogP contribution in [0, 0.1) is 5.82 Å². The van der Waals surface area contributed by atoms with Crippen LogP contribution in [0.2, 0.25) is 0 Å². The molecule has 0 radical (unpaired) electrons. The lowest BCUT2D eigenvalue weighted by atomic mass is 10.2. The van der Waals surface area contributed by atoms with E-state index in [4.69, 9.17) is 18.0 Å². The molecule has 0 heterocycles. The molecule has 0 saturated carbocycles. The minimum atomic E-state index is -0.466. The Balaban J connectivity index is 2.57. The summed E-state index contributed by atoms with van der Waals surface area (Å²) < 4.78 is 13.5. The van der Waals surface area contributed by atoms with Crippen LogP contribution in [-0.2, 0) is 4.79 Å². The van der Waals surface area contributed by atoms with E-state index in [9.17, 15) is 9.18 Å². The van der Waals surface area contributed by atoms with Gasteiger partial charge < -0.3 is 16.0 Å². The van der Waals surface area contributed by atoms with Gasteiger partial charge in [0.15, 0.2) is 0 Å². The molecule has 4 nitrogen and oxygen atoms in total. The van der Waals surface area contributed by atoms with Crippen LogP contribution in [0.15, 0.2) is 18.2 Å². The molecule has 0 aliphatic rings. The van der Waals surface area contributed by atoms with Crippen molar-refractivity contribution in [2.75, 3.05) is 26.0 Å². The van der Waals surface area contributed by atoms with Crippen molar-refractivity contribution in [1.82, 2.24) is 4.90 Å². The van der Waals surface area contributed by atoms with E-state index in [0.29, 0.717) is 18.7 Å². The fourth-order valence-electron chi connectivity index (χ4n) is 1.36. The van der Waals surface area contributed by atoms with E-state index < -0.39 is 5.82 Å². The largest absolute Gasteiger partial charge is 0.389 e. The number of carbonyl (C=O) groups is 1. The topological polar surface area (TPSA) is 58.4 Å². The molecule has 1 aromatic carbocycles. The minimum Gasteiger partial charge on any atom is -0.389 e. The molecule has 1 rings (SSSR count). The monoisotopic (exact) mass is 269 g/mol. The SMILES string of the molecule is CN(C)C(=O)CCNc1ccc(C(N)=S)c(F)c1. The maximum atomic E-state index is 13.5. The molecule has 0 bridgehead atoms. The first kappa shape index (κ1) is 14.4. The summed E-state index contributed by atoms with van der Waals surface area (Å²) in [6.07, 6.45) is 0.353. The Morgan fingerprint density at radius 1 is 1.50 bits per heavy atom. The Bertz CT molecular complexity index is 463. The van der Waals surface area contributed by atoms with Gasteiger partial charge in [0.1, 0.15) is 10.8 Å². The smallest absolute Gasteiger partial charge is 0.223 e. The van der Waals surface area contributed by atoms with Crippen LogP contribution in [0.4, 0.5) is 10.1 Å². The normalized spacial score (nSPS) is 9.94. The van der Waals surface area contributed by atoms with Gasteiger partial charge in [-0.1, -0.05) is 12.2 Å². The van der Waals surface area contributed by atoms with Gasteiger partial charge in [0.2, 0.25) is 5.91 Å². The highest BCUT2D eigenvalue weighted by Gasteiger charge is 2.07. The van der Waals surface area contributed by atoms with Gasteiger partial charge >= 0.3 is 0 Å². The number of nitrogens with zero attached hydrogens (tertiary/aromatic N) is 1. The lowest BCUT2D eigenvalue weighted by molar-refractivity contribution is -0.128. The molecule has 18 heavy (non-hydrogen) atoms. The predicted octanol–water partition coefficient (Wildman–Crippen LogP) is 1.35. The lowest BCUT2D eigenvalue weighted by Crippen LogP contribution is -2.23. The van der Waals surface area contributed by atoms with Crippen molar-refractivity contribution in [3.8, 4) is 0 Å². The third kappa shape index (κ3) is 3.96. The molecule has 0 aliphatic heterocycles. The Morgan fingerprint density at radius 3 is 2.67 bits per heavy atom. The summed E-state index contributed by atoms with van der Waals surface area (Å²) in [4.78, 5) is 12.9. The average Bonchev–Trinajstić information content (AvgIpc) is 2.28. The zero-order valence-corrected chi connectivity index (χ0v) is 11.2. The molecule has 1 amide bonds. The minimum absolute atomic E-state index is 0.0164. The number of hydrogen-bond acceptors (Lipinski definition) is 3. The number of carbonyl (C=O) groups excluding carboxylic acids is 1. The van der Waals surface area contributed by atoms with E-state index in [1.54, 1.807) is 20.2 Å². The summed E-state index contributed by atoms with van der Waals surface area (Å²) >= 11 is 4.71. The highest BCUT2D eigenvalue weighted by atomic mass is 32.1. The van der Waals surface area contributed by atoms with E-state index in [1.807, 2.05) is 0 Å². The Labute approximate surface area is 111 Å². The Kier molecular flexibility index (Phi) is 5.03. The van der Waals surface area contributed by atoms with Crippen LogP contribution >= 0.6 is 12.2 Å². The maximum absolute atomic E-state index is 13.5. The lowest BCUT2D eigenvalue weighted by Gasteiger charge is -2.11. The van der Waals surface area contributed by atoms with Crippen molar-refractivity contribution >= 4 is 28.8 Å². The van der Waals surface area contributed by atoms with E-state index in [2.05, 4.69) is 5.32 Å². The second kappa shape index (κ2) is 6.30. The van der Waals surface area contributed by atoms with E-state index in [1.165, 1.54) is 17.0 Å². The Morgan fingerprint density at radius 2 is 2.17 bits per heavy atom. The summed E-state index contributed by atoms with van der Waals surface area (Å²) in [6.45, 7) is 0.447. The second-order valence-electron chi connectivity index (χ2n) is 4.02. The van der Waals surface area contributed by atoms with E-state index in [0.717, 1.165) is 0 Å². The maximum Gasteiger partial charge on any atom is 0.223 e. The van der Waals surface area contributed by atoms with Gasteiger partial charge in [-0.25, -0.2) is 4.39 Å². The number of nitrogens with two attached hydrogens (primary N) is 1. The summed E-state index contributed by atoms with van der Waals surface area (Å²) in [5.41, 5.74) is 6.18. The van der Waals surface area contributed by atoms with Crippen LogP contribution in [0.3, 0.4) is 0 Å². The number of amides is 1. The van der Waals surface area contributed by atoms with Crippen LogP contribution in [0.25, 0.3) is 0 Å². The number of nitrogens with one attached hydrogen (secondary N) is 1. The molecule has 6 heteroatoms. The van der Waals surface area contributed by atoms with Crippen molar-refractivity contribution in [2.24, 2.45) is 5.73 Å². The van der Waals surface area contributed by atoms with E-state index >= 15 is 0 Å². The quantitative estimate of drug-likeness (QED) is 0.792. The molecular formula is C12H16FN3OS. The standard InChI is InChI=1S/C12H16FN3OS/c1-16(2)11(17)5-6-15-8-3-4-9(12(14)18)10(13)7-8/h3-4,7,15H,5-6H2,1-2H3,(H2,14,18). The molecule has 0 unspecified atom stereocenters. The fourth-order valence-corrected chi connectivity index (χ4v) is 1.53. The Hall–Kier alpha value is -1.69. The fraction of sp³-hybridized carbons (Fsp3) is 0.333. The molecule has 0 spiro atoms. The van der Waals surface area contributed by atoms with Crippen molar-refractivity contribution in [3.05, 3.63) is 29.6 Å². The summed E-state index contributed by atoms with van der Waals surface area (Å²) in [7, 11) is 3.39. The third-order valence-corrected chi connectivity index (χ3v) is 2.62. The molecule has 0 atom stereocenters. The molecule has 0 aliphatic carbocycles. The zero-order chi connectivity index (χ0) is 13.7. The summed E-state index contributed by atoms with van der Waals surface area (Å²) in [5, 5.41) is 2.97. The summed E-state index contributed by atoms with van der Waals surface area (Å²) in [6, 6.07) is 4.51. The second-order valence-corrected chi connectivity index (χ2v) is 4.46. The van der Waals surface area contributed by atoms with Crippen LogP contribution < -0.4 is 11.1 Å². The number of rotatable bonds is 5. The first-order valence-electron chi connectivity index (χ1n) is 5.45. The molecular weight excluding hydrogens is 253 g/mol. The molecule has 3 N–H and O–H groups in total. The number of halogens is 1. The van der Waals surface area contributed by atoms with Gasteiger partial charge in [0.25, 0.3) is 0 Å². The predicted molar refractivity (Wildman–Crippen MR) is 74.1 cm³/mol. The first-order chi connectivity index (χ1) is 8.41. The van der Waals surface area contributed by atoms with Crippen LogP contribution in [0.1, 0.15) is 12.0 Å². The molecule has 1 aromatic rings. The first-order valence-corrected chi connectivity index (χ1v) is 5.86. The van der Waals surface area contributed by atoms with Crippen molar-refractivity contribution < 1.29 is 9.18 Å². The van der Waals surface area contributed by atoms with Crippen LogP contribution in [0.5, 0.6) is 0 Å². The average molecular weight is 269 g/mol. The highest BCUT2D eigenvalue weighted by Crippen LogP contribution is 2.14. The van der Waals surface area contributed by atoms with Gasteiger partial charge in [-0.3, -0.25) is 4.79 Å². The molecule has 0 aromatic heterocycles. The molecule has 0 fully saturated rings. The van der Waals surface area contributed by atoms with Gasteiger partial charge in [-0.15, -0.1) is 0 Å². The number of anilines is 1. The van der Waals surface area contributed by atoms with E-state index in [-0.39, 0.29) is 16.5 Å². The van der Waals surface area contributed by atoms with Crippen LogP contribution in [-0.4, -0.2) is 36.4 Å².